The molecule has 5 heteroatoms. The summed E-state index contributed by atoms with van der Waals surface area (Å²) < 4.78 is 27.3. The fraction of sp³-hybridized carbons (Fsp3) is 0.600. The Morgan fingerprint density at radius 1 is 1.04 bits per heavy atom. The van der Waals surface area contributed by atoms with Crippen molar-refractivity contribution in [2.45, 2.75) is 66.5 Å². The molecule has 1 aromatic carbocycles. The SMILES string of the molecule is CC.CC(C)N1C=C(c2cc3c(cc2C(F)F)N(C(C)C)CC3)CN1. The molecule has 0 saturated carbocycles. The zero-order valence-corrected chi connectivity index (χ0v) is 16.2. The van der Waals surface area contributed by atoms with Crippen LogP contribution in [-0.2, 0) is 6.42 Å². The molecule has 1 aromatic rings. The second kappa shape index (κ2) is 8.17. The number of hydrogen-bond acceptors (Lipinski definition) is 3. The summed E-state index contributed by atoms with van der Waals surface area (Å²) >= 11 is 0. The van der Waals surface area contributed by atoms with E-state index in [0.29, 0.717) is 24.2 Å². The quantitative estimate of drug-likeness (QED) is 0.824. The lowest BCUT2D eigenvalue weighted by molar-refractivity contribution is 0.151. The van der Waals surface area contributed by atoms with Crippen molar-refractivity contribution >= 4 is 11.3 Å². The predicted molar refractivity (Wildman–Crippen MR) is 102 cm³/mol. The second-order valence-corrected chi connectivity index (χ2v) is 6.90. The van der Waals surface area contributed by atoms with Crippen LogP contribution >= 0.6 is 0 Å². The number of anilines is 1. The Labute approximate surface area is 150 Å². The second-order valence-electron chi connectivity index (χ2n) is 6.90. The average molecular weight is 351 g/mol. The molecule has 25 heavy (non-hydrogen) atoms. The molecule has 2 heterocycles. The Morgan fingerprint density at radius 2 is 1.72 bits per heavy atom. The summed E-state index contributed by atoms with van der Waals surface area (Å²) in [7, 11) is 0. The van der Waals surface area contributed by atoms with Crippen LogP contribution in [0.1, 0.15) is 64.7 Å². The standard InChI is InChI=1S/C18H25F2N3.C2H6/c1-11(2)22-6-5-13-7-15(16(18(19)20)8-17(13)22)14-9-21-23(10-14)12(3)4;1-2/h7-8,10-12,18,21H,5-6,9H2,1-4H3;1-2H3. The zero-order chi connectivity index (χ0) is 18.7. The summed E-state index contributed by atoms with van der Waals surface area (Å²) in [4.78, 5) is 2.21. The van der Waals surface area contributed by atoms with Crippen LogP contribution in [0.25, 0.3) is 5.57 Å². The Bertz CT molecular complexity index is 624. The van der Waals surface area contributed by atoms with Crippen molar-refractivity contribution in [3.05, 3.63) is 35.0 Å². The molecule has 0 saturated heterocycles. The molecule has 0 atom stereocenters. The van der Waals surface area contributed by atoms with Crippen molar-refractivity contribution in [3.63, 3.8) is 0 Å². The number of rotatable bonds is 4. The maximum atomic E-state index is 13.7. The molecule has 0 bridgehead atoms. The van der Waals surface area contributed by atoms with Gasteiger partial charge in [-0.05, 0) is 62.9 Å². The number of halogens is 2. The maximum absolute atomic E-state index is 13.7. The monoisotopic (exact) mass is 351 g/mol. The minimum atomic E-state index is -2.46. The lowest BCUT2D eigenvalue weighted by atomic mass is 9.96. The lowest BCUT2D eigenvalue weighted by Gasteiger charge is -2.25. The lowest BCUT2D eigenvalue weighted by Crippen LogP contribution is -2.34. The van der Waals surface area contributed by atoms with E-state index in [-0.39, 0.29) is 5.56 Å². The molecule has 1 N–H and O–H groups in total. The van der Waals surface area contributed by atoms with Gasteiger partial charge in [0.1, 0.15) is 0 Å². The van der Waals surface area contributed by atoms with Gasteiger partial charge in [-0.3, -0.25) is 0 Å². The number of alkyl halides is 2. The van der Waals surface area contributed by atoms with Crippen molar-refractivity contribution in [2.24, 2.45) is 0 Å². The third-order valence-corrected chi connectivity index (χ3v) is 4.69. The van der Waals surface area contributed by atoms with E-state index in [9.17, 15) is 8.78 Å². The maximum Gasteiger partial charge on any atom is 0.264 e. The molecule has 0 unspecified atom stereocenters. The van der Waals surface area contributed by atoms with Crippen molar-refractivity contribution in [2.75, 3.05) is 18.0 Å². The summed E-state index contributed by atoms with van der Waals surface area (Å²) in [6, 6.07) is 4.32. The Kier molecular flexibility index (Phi) is 6.44. The molecule has 0 aromatic heterocycles. The summed E-state index contributed by atoms with van der Waals surface area (Å²) in [5, 5.41) is 1.98. The average Bonchev–Trinajstić information content (AvgIpc) is 3.22. The third-order valence-electron chi connectivity index (χ3n) is 4.69. The van der Waals surface area contributed by atoms with Crippen molar-refractivity contribution in [3.8, 4) is 0 Å². The van der Waals surface area contributed by atoms with Gasteiger partial charge in [-0.15, -0.1) is 0 Å². The van der Waals surface area contributed by atoms with E-state index in [1.807, 2.05) is 31.1 Å². The van der Waals surface area contributed by atoms with Crippen molar-refractivity contribution in [1.82, 2.24) is 10.4 Å². The number of nitrogens with zero attached hydrogens (tertiary/aromatic N) is 2. The fourth-order valence-electron chi connectivity index (χ4n) is 3.41. The van der Waals surface area contributed by atoms with Crippen LogP contribution in [-0.4, -0.2) is 30.2 Å². The van der Waals surface area contributed by atoms with Crippen molar-refractivity contribution in [1.29, 1.82) is 0 Å². The summed E-state index contributed by atoms with van der Waals surface area (Å²) in [6.45, 7) is 13.9. The molecule has 3 nitrogen and oxygen atoms in total. The minimum Gasteiger partial charge on any atom is -0.369 e. The van der Waals surface area contributed by atoms with E-state index in [0.717, 1.165) is 24.2 Å². The largest absolute Gasteiger partial charge is 0.369 e. The number of nitrogens with one attached hydrogen (secondary N) is 1. The van der Waals surface area contributed by atoms with E-state index < -0.39 is 6.43 Å². The molecule has 3 rings (SSSR count). The first kappa shape index (κ1) is 19.7. The van der Waals surface area contributed by atoms with Gasteiger partial charge < -0.3 is 9.91 Å². The third kappa shape index (κ3) is 3.97. The molecule has 140 valence electrons. The van der Waals surface area contributed by atoms with Gasteiger partial charge in [-0.2, -0.15) is 0 Å². The van der Waals surface area contributed by atoms with Gasteiger partial charge in [-0.25, -0.2) is 14.2 Å². The van der Waals surface area contributed by atoms with Crippen LogP contribution in [0.2, 0.25) is 0 Å². The van der Waals surface area contributed by atoms with E-state index in [1.165, 1.54) is 5.56 Å². The summed E-state index contributed by atoms with van der Waals surface area (Å²) in [5.74, 6) is 0. The van der Waals surface area contributed by atoms with Gasteiger partial charge in [0.05, 0.1) is 0 Å². The Balaban J connectivity index is 0.00000109. The zero-order valence-electron chi connectivity index (χ0n) is 16.2. The van der Waals surface area contributed by atoms with Crippen LogP contribution in [0, 0.1) is 0 Å². The molecular weight excluding hydrogens is 320 g/mol. The van der Waals surface area contributed by atoms with E-state index in [2.05, 4.69) is 38.0 Å². The van der Waals surface area contributed by atoms with Gasteiger partial charge in [-0.1, -0.05) is 13.8 Å². The Hall–Kier alpha value is -1.62. The molecule has 0 spiro atoms. The van der Waals surface area contributed by atoms with Crippen LogP contribution in [0.5, 0.6) is 0 Å². The van der Waals surface area contributed by atoms with Crippen LogP contribution in [0.15, 0.2) is 18.3 Å². The first-order chi connectivity index (χ1) is 11.9. The smallest absolute Gasteiger partial charge is 0.264 e. The topological polar surface area (TPSA) is 18.5 Å². The van der Waals surface area contributed by atoms with Gasteiger partial charge in [0.2, 0.25) is 0 Å². The minimum absolute atomic E-state index is 0.148. The molecular formula is C20H31F2N3. The van der Waals surface area contributed by atoms with E-state index in [1.54, 1.807) is 6.07 Å². The Morgan fingerprint density at radius 3 is 2.24 bits per heavy atom. The van der Waals surface area contributed by atoms with Crippen LogP contribution in [0.4, 0.5) is 14.5 Å². The van der Waals surface area contributed by atoms with Crippen LogP contribution in [0.3, 0.4) is 0 Å². The first-order valence-electron chi connectivity index (χ1n) is 9.33. The molecule has 2 aliphatic rings. The first-order valence-corrected chi connectivity index (χ1v) is 9.33. The predicted octanol–water partition coefficient (Wildman–Crippen LogP) is 4.99. The molecule has 2 aliphatic heterocycles. The van der Waals surface area contributed by atoms with Gasteiger partial charge in [0.15, 0.2) is 0 Å². The van der Waals surface area contributed by atoms with Gasteiger partial charge in [0.25, 0.3) is 6.43 Å². The number of hydrogen-bond donors (Lipinski definition) is 1. The van der Waals surface area contributed by atoms with Crippen molar-refractivity contribution < 1.29 is 8.78 Å². The molecule has 0 fully saturated rings. The summed E-state index contributed by atoms with van der Waals surface area (Å²) in [5.41, 5.74) is 7.20. The molecule has 0 amide bonds. The van der Waals surface area contributed by atoms with E-state index in [4.69, 9.17) is 0 Å². The normalized spacial score (nSPS) is 16.5. The highest BCUT2D eigenvalue weighted by molar-refractivity contribution is 5.75. The van der Waals surface area contributed by atoms with Crippen LogP contribution < -0.4 is 10.3 Å². The summed E-state index contributed by atoms with van der Waals surface area (Å²) in [6.07, 6.45) is 0.436. The van der Waals surface area contributed by atoms with E-state index >= 15 is 0 Å². The molecule has 0 radical (unpaired) electrons. The number of benzene rings is 1. The molecule has 0 aliphatic carbocycles. The van der Waals surface area contributed by atoms with Gasteiger partial charge in [0, 0.05) is 42.6 Å². The number of fused-ring (bicyclic) bond motifs is 1. The number of hydrazine groups is 1. The highest BCUT2D eigenvalue weighted by Crippen LogP contribution is 2.38. The highest BCUT2D eigenvalue weighted by atomic mass is 19.3. The highest BCUT2D eigenvalue weighted by Gasteiger charge is 2.28. The van der Waals surface area contributed by atoms with Gasteiger partial charge >= 0.3 is 0 Å². The fourth-order valence-corrected chi connectivity index (χ4v) is 3.41.